The maximum absolute atomic E-state index is 13.1. The number of fused-ring (bicyclic) bond motifs is 1. The van der Waals surface area contributed by atoms with E-state index in [1.54, 1.807) is 7.05 Å². The fourth-order valence-corrected chi connectivity index (χ4v) is 6.47. The molecule has 0 saturated heterocycles. The van der Waals surface area contributed by atoms with Gasteiger partial charge in [-0.3, -0.25) is 4.79 Å². The molecule has 0 radical (unpaired) electrons. The van der Waals surface area contributed by atoms with Crippen molar-refractivity contribution < 1.29 is 19.4 Å². The molecular formula is C32H45N5O4. The van der Waals surface area contributed by atoms with Gasteiger partial charge in [0.25, 0.3) is 0 Å². The Morgan fingerprint density at radius 3 is 2.46 bits per heavy atom. The van der Waals surface area contributed by atoms with Gasteiger partial charge in [-0.15, -0.1) is 0 Å². The minimum Gasteiger partial charge on any atom is -0.445 e. The highest BCUT2D eigenvalue weighted by Gasteiger charge is 2.48. The second-order valence-corrected chi connectivity index (χ2v) is 12.3. The number of nitrogens with one attached hydrogen (secondary N) is 4. The van der Waals surface area contributed by atoms with E-state index in [0.717, 1.165) is 67.4 Å². The van der Waals surface area contributed by atoms with Crippen LogP contribution in [-0.2, 0) is 29.0 Å². The first-order chi connectivity index (χ1) is 19.9. The molecule has 7 N–H and O–H groups in total. The molecule has 0 spiro atoms. The van der Waals surface area contributed by atoms with E-state index < -0.39 is 23.9 Å². The third-order valence-corrected chi connectivity index (χ3v) is 9.35. The maximum atomic E-state index is 13.1. The van der Waals surface area contributed by atoms with Crippen LogP contribution in [0.4, 0.5) is 10.5 Å². The smallest absolute Gasteiger partial charge is 0.407 e. The predicted octanol–water partition coefficient (Wildman–Crippen LogP) is 3.20. The number of carbonyl (C=O) groups excluding carboxylic acids is 2. The van der Waals surface area contributed by atoms with Gasteiger partial charge in [0.15, 0.2) is 0 Å². The van der Waals surface area contributed by atoms with Crippen molar-refractivity contribution >= 4 is 17.7 Å². The van der Waals surface area contributed by atoms with Crippen LogP contribution in [0.15, 0.2) is 48.5 Å². The molecule has 41 heavy (non-hydrogen) atoms. The van der Waals surface area contributed by atoms with Gasteiger partial charge in [0.2, 0.25) is 5.91 Å². The highest BCUT2D eigenvalue weighted by atomic mass is 16.5. The Kier molecular flexibility index (Phi) is 9.16. The first kappa shape index (κ1) is 29.4. The number of anilines is 1. The number of aliphatic hydroxyl groups is 1. The van der Waals surface area contributed by atoms with Crippen molar-refractivity contribution in [3.63, 3.8) is 0 Å². The zero-order chi connectivity index (χ0) is 28.9. The third-order valence-electron chi connectivity index (χ3n) is 9.35. The predicted molar refractivity (Wildman–Crippen MR) is 159 cm³/mol. The van der Waals surface area contributed by atoms with Gasteiger partial charge in [-0.05, 0) is 72.4 Å². The molecule has 2 amide bonds. The van der Waals surface area contributed by atoms with Gasteiger partial charge in [-0.25, -0.2) is 4.79 Å². The molecule has 0 heterocycles. The molecule has 9 nitrogen and oxygen atoms in total. The standard InChI is InChI=1S/C32H45N5O4/c1-34-29(39)32(35-21-31(20-33)14-15-31)17-24-12-13-26(16-25(24)18-32)36-28(38)27(23-10-6-3-7-11-23)37-30(40)41-19-22-8-4-2-5-9-22/h2,4-5,8-9,12-13,16,23,27-28,35-36,38H,3,6-7,10-11,14-15,17-21,33H2,1H3,(H,34,39)(H,37,40)/t27-,28-,32-/m0/s1. The van der Waals surface area contributed by atoms with Gasteiger partial charge >= 0.3 is 6.09 Å². The Bertz CT molecular complexity index is 1200. The molecular weight excluding hydrogens is 518 g/mol. The first-order valence-electron chi connectivity index (χ1n) is 15.1. The Morgan fingerprint density at radius 2 is 1.78 bits per heavy atom. The van der Waals surface area contributed by atoms with E-state index in [2.05, 4.69) is 21.3 Å². The third kappa shape index (κ3) is 7.02. The summed E-state index contributed by atoms with van der Waals surface area (Å²) in [6.07, 6.45) is 7.02. The molecule has 2 fully saturated rings. The number of hydrogen-bond acceptors (Lipinski definition) is 7. The van der Waals surface area contributed by atoms with Crippen molar-refractivity contribution in [2.24, 2.45) is 17.1 Å². The largest absolute Gasteiger partial charge is 0.445 e. The van der Waals surface area contributed by atoms with Crippen LogP contribution in [0.2, 0.25) is 0 Å². The van der Waals surface area contributed by atoms with Crippen LogP contribution in [0.25, 0.3) is 0 Å². The monoisotopic (exact) mass is 563 g/mol. The summed E-state index contributed by atoms with van der Waals surface area (Å²) in [5.41, 5.74) is 9.24. The van der Waals surface area contributed by atoms with Crippen molar-refractivity contribution in [3.05, 3.63) is 65.2 Å². The normalized spacial score (nSPS) is 22.7. The number of amides is 2. The highest BCUT2D eigenvalue weighted by molar-refractivity contribution is 5.88. The molecule has 3 aliphatic rings. The lowest BCUT2D eigenvalue weighted by Gasteiger charge is -2.34. The zero-order valence-electron chi connectivity index (χ0n) is 24.1. The average molecular weight is 564 g/mol. The fraction of sp³-hybridized carbons (Fsp3) is 0.562. The summed E-state index contributed by atoms with van der Waals surface area (Å²) >= 11 is 0. The van der Waals surface area contributed by atoms with E-state index in [4.69, 9.17) is 10.5 Å². The maximum Gasteiger partial charge on any atom is 0.407 e. The number of carbonyl (C=O) groups is 2. The molecule has 0 aliphatic heterocycles. The van der Waals surface area contributed by atoms with Crippen LogP contribution in [0.3, 0.4) is 0 Å². The minimum absolute atomic E-state index is 0.0216. The van der Waals surface area contributed by atoms with Crippen molar-refractivity contribution in [2.45, 2.75) is 82.2 Å². The van der Waals surface area contributed by atoms with Crippen LogP contribution in [0.1, 0.15) is 61.6 Å². The van der Waals surface area contributed by atoms with Crippen LogP contribution < -0.4 is 27.0 Å². The summed E-state index contributed by atoms with van der Waals surface area (Å²) in [6.45, 7) is 1.52. The van der Waals surface area contributed by atoms with Crippen LogP contribution in [-0.4, -0.2) is 55.1 Å². The number of ether oxygens (including phenoxy) is 1. The molecule has 0 bridgehead atoms. The highest BCUT2D eigenvalue weighted by Crippen LogP contribution is 2.45. The van der Waals surface area contributed by atoms with Crippen LogP contribution in [0.5, 0.6) is 0 Å². The fourth-order valence-electron chi connectivity index (χ4n) is 6.47. The summed E-state index contributed by atoms with van der Waals surface area (Å²) in [4.78, 5) is 25.9. The van der Waals surface area contributed by atoms with Crippen molar-refractivity contribution in [2.75, 3.05) is 25.5 Å². The van der Waals surface area contributed by atoms with Gasteiger partial charge in [-0.1, -0.05) is 55.7 Å². The Morgan fingerprint density at radius 1 is 1.05 bits per heavy atom. The number of rotatable bonds is 12. The average Bonchev–Trinajstić information content (AvgIpc) is 3.70. The summed E-state index contributed by atoms with van der Waals surface area (Å²) < 4.78 is 5.48. The summed E-state index contributed by atoms with van der Waals surface area (Å²) in [5, 5.41) is 24.0. The quantitative estimate of drug-likeness (QED) is 0.218. The molecule has 9 heteroatoms. The number of hydrogen-bond donors (Lipinski definition) is 6. The van der Waals surface area contributed by atoms with Crippen molar-refractivity contribution in [1.29, 1.82) is 0 Å². The molecule has 0 unspecified atom stereocenters. The van der Waals surface area contributed by atoms with Crippen LogP contribution in [0, 0.1) is 11.3 Å². The number of alkyl carbamates (subject to hydrolysis) is 1. The van der Waals surface area contributed by atoms with E-state index in [-0.39, 0.29) is 23.8 Å². The Hall–Kier alpha value is -3.14. The lowest BCUT2D eigenvalue weighted by molar-refractivity contribution is -0.127. The molecule has 2 aromatic carbocycles. The minimum atomic E-state index is -0.997. The zero-order valence-corrected chi connectivity index (χ0v) is 24.1. The number of likely N-dealkylation sites (N-methyl/N-ethyl adjacent to an activating group) is 1. The van der Waals surface area contributed by atoms with Crippen LogP contribution >= 0.6 is 0 Å². The molecule has 3 atom stereocenters. The molecule has 0 aromatic heterocycles. The second-order valence-electron chi connectivity index (χ2n) is 12.3. The first-order valence-corrected chi connectivity index (χ1v) is 15.1. The molecule has 2 aromatic rings. The lowest BCUT2D eigenvalue weighted by Crippen LogP contribution is -2.58. The van der Waals surface area contributed by atoms with E-state index in [1.165, 1.54) is 6.42 Å². The second kappa shape index (κ2) is 12.8. The Balaban J connectivity index is 1.25. The summed E-state index contributed by atoms with van der Waals surface area (Å²) in [7, 11) is 1.68. The van der Waals surface area contributed by atoms with Gasteiger partial charge in [0, 0.05) is 32.1 Å². The summed E-state index contributed by atoms with van der Waals surface area (Å²) in [6, 6.07) is 15.0. The van der Waals surface area contributed by atoms with E-state index in [0.29, 0.717) is 19.4 Å². The topological polar surface area (TPSA) is 138 Å². The number of benzene rings is 2. The SMILES string of the molecule is CNC(=O)[C@]1(NCC2(CN)CC2)Cc2ccc(N[C@@H](O)[C@@H](NC(=O)OCc3ccccc3)C3CCCCC3)cc2C1. The van der Waals surface area contributed by atoms with Gasteiger partial charge < -0.3 is 36.8 Å². The number of aliphatic hydroxyl groups excluding tert-OH is 1. The Labute approximate surface area is 243 Å². The van der Waals surface area contributed by atoms with Gasteiger partial charge in [0.1, 0.15) is 18.4 Å². The molecule has 5 rings (SSSR count). The molecule has 2 saturated carbocycles. The number of nitrogens with two attached hydrogens (primary N) is 1. The van der Waals surface area contributed by atoms with Gasteiger partial charge in [0.05, 0.1) is 6.04 Å². The van der Waals surface area contributed by atoms with E-state index in [1.807, 2.05) is 48.5 Å². The van der Waals surface area contributed by atoms with E-state index >= 15 is 0 Å². The van der Waals surface area contributed by atoms with Gasteiger partial charge in [-0.2, -0.15) is 0 Å². The molecule has 222 valence electrons. The van der Waals surface area contributed by atoms with Crippen molar-refractivity contribution in [1.82, 2.24) is 16.0 Å². The van der Waals surface area contributed by atoms with E-state index in [9.17, 15) is 14.7 Å². The lowest BCUT2D eigenvalue weighted by atomic mass is 9.83. The molecule has 3 aliphatic carbocycles. The summed E-state index contributed by atoms with van der Waals surface area (Å²) in [5.74, 6) is 0.124. The van der Waals surface area contributed by atoms with Crippen molar-refractivity contribution in [3.8, 4) is 0 Å².